The van der Waals surface area contributed by atoms with E-state index < -0.39 is 0 Å². The summed E-state index contributed by atoms with van der Waals surface area (Å²) in [5, 5.41) is 8.56. The lowest BCUT2D eigenvalue weighted by Crippen LogP contribution is -2.45. The highest BCUT2D eigenvalue weighted by atomic mass is 79.9. The largest absolute Gasteiger partial charge is 0.354 e. The van der Waals surface area contributed by atoms with Gasteiger partial charge in [0.25, 0.3) is 0 Å². The van der Waals surface area contributed by atoms with Crippen LogP contribution in [0.2, 0.25) is 0 Å². The first-order valence-electron chi connectivity index (χ1n) is 8.17. The van der Waals surface area contributed by atoms with E-state index >= 15 is 0 Å². The first-order chi connectivity index (χ1) is 10.7. The van der Waals surface area contributed by atoms with Gasteiger partial charge in [-0.2, -0.15) is 0 Å². The number of carbonyl (C=O) groups is 1. The summed E-state index contributed by atoms with van der Waals surface area (Å²) in [6, 6.07) is 2.25. The molecular formula is C16H24BrN3OS. The molecule has 2 fully saturated rings. The van der Waals surface area contributed by atoms with Crippen molar-refractivity contribution in [1.82, 2.24) is 15.5 Å². The van der Waals surface area contributed by atoms with Crippen LogP contribution in [0.15, 0.2) is 15.9 Å². The summed E-state index contributed by atoms with van der Waals surface area (Å²) in [4.78, 5) is 16.0. The maximum absolute atomic E-state index is 12.1. The summed E-state index contributed by atoms with van der Waals surface area (Å²) in [5.41, 5.74) is 0. The zero-order chi connectivity index (χ0) is 15.4. The van der Waals surface area contributed by atoms with Crippen LogP contribution in [0.3, 0.4) is 0 Å². The molecule has 2 atom stereocenters. The number of halogens is 1. The van der Waals surface area contributed by atoms with Crippen molar-refractivity contribution >= 4 is 33.2 Å². The van der Waals surface area contributed by atoms with Gasteiger partial charge in [0, 0.05) is 34.4 Å². The van der Waals surface area contributed by atoms with E-state index in [2.05, 4.69) is 42.9 Å². The molecule has 0 aromatic carbocycles. The molecule has 1 amide bonds. The highest BCUT2D eigenvalue weighted by molar-refractivity contribution is 9.10. The molecule has 2 aliphatic rings. The fourth-order valence-electron chi connectivity index (χ4n) is 3.40. The van der Waals surface area contributed by atoms with Gasteiger partial charge in [0.1, 0.15) is 0 Å². The smallest absolute Gasteiger partial charge is 0.237 e. The van der Waals surface area contributed by atoms with E-state index in [0.717, 1.165) is 39.0 Å². The van der Waals surface area contributed by atoms with Gasteiger partial charge in [0.15, 0.2) is 0 Å². The molecule has 0 aliphatic carbocycles. The monoisotopic (exact) mass is 385 g/mol. The second-order valence-corrected chi connectivity index (χ2v) is 8.28. The predicted molar refractivity (Wildman–Crippen MR) is 94.1 cm³/mol. The highest BCUT2D eigenvalue weighted by Crippen LogP contribution is 2.24. The third kappa shape index (κ3) is 4.54. The molecule has 0 bridgehead atoms. The number of carbonyl (C=O) groups excluding carboxylic acids is 1. The molecule has 1 aromatic heterocycles. The Labute approximate surface area is 144 Å². The minimum atomic E-state index is 0.0446. The van der Waals surface area contributed by atoms with Crippen LogP contribution in [0.4, 0.5) is 0 Å². The Morgan fingerprint density at radius 1 is 1.45 bits per heavy atom. The van der Waals surface area contributed by atoms with Gasteiger partial charge in [-0.05, 0) is 66.7 Å². The maximum Gasteiger partial charge on any atom is 0.237 e. The van der Waals surface area contributed by atoms with Crippen molar-refractivity contribution in [3.63, 3.8) is 0 Å². The standard InChI is InChI=1S/C16H24BrN3OS/c17-13-7-14(22-11-13)10-20-6-2-3-12(9-20)8-19-16(21)15-4-1-5-18-15/h7,11-12,15,18H,1-6,8-10H2,(H,19,21). The summed E-state index contributed by atoms with van der Waals surface area (Å²) in [7, 11) is 0. The predicted octanol–water partition coefficient (Wildman–Crippen LogP) is 2.59. The average Bonchev–Trinajstić information content (AvgIpc) is 3.17. The molecule has 2 saturated heterocycles. The second-order valence-electron chi connectivity index (χ2n) is 6.37. The molecule has 0 saturated carbocycles. The van der Waals surface area contributed by atoms with E-state index in [1.807, 2.05) is 11.3 Å². The van der Waals surface area contributed by atoms with E-state index in [0.29, 0.717) is 5.92 Å². The molecule has 0 spiro atoms. The average molecular weight is 386 g/mol. The Bertz CT molecular complexity index is 501. The van der Waals surface area contributed by atoms with Crippen LogP contribution in [0.5, 0.6) is 0 Å². The molecule has 0 radical (unpaired) electrons. The van der Waals surface area contributed by atoms with E-state index in [-0.39, 0.29) is 11.9 Å². The Morgan fingerprint density at radius 3 is 3.09 bits per heavy atom. The van der Waals surface area contributed by atoms with Gasteiger partial charge in [-0.25, -0.2) is 0 Å². The fourth-order valence-corrected chi connectivity index (χ4v) is 4.89. The van der Waals surface area contributed by atoms with Crippen LogP contribution in [-0.4, -0.2) is 43.0 Å². The molecule has 4 nitrogen and oxygen atoms in total. The molecule has 122 valence electrons. The van der Waals surface area contributed by atoms with Gasteiger partial charge in [-0.1, -0.05) is 0 Å². The van der Waals surface area contributed by atoms with Crippen molar-refractivity contribution < 1.29 is 4.79 Å². The highest BCUT2D eigenvalue weighted by Gasteiger charge is 2.24. The van der Waals surface area contributed by atoms with Crippen molar-refractivity contribution in [3.8, 4) is 0 Å². The van der Waals surface area contributed by atoms with Crippen molar-refractivity contribution in [3.05, 3.63) is 20.8 Å². The van der Waals surface area contributed by atoms with Crippen LogP contribution >= 0.6 is 27.3 Å². The molecule has 2 unspecified atom stereocenters. The van der Waals surface area contributed by atoms with Gasteiger partial charge in [0.05, 0.1) is 6.04 Å². The number of nitrogens with one attached hydrogen (secondary N) is 2. The molecule has 22 heavy (non-hydrogen) atoms. The minimum absolute atomic E-state index is 0.0446. The lowest BCUT2D eigenvalue weighted by molar-refractivity contribution is -0.123. The molecule has 6 heteroatoms. The van der Waals surface area contributed by atoms with Crippen LogP contribution in [0, 0.1) is 5.92 Å². The Balaban J connectivity index is 1.43. The van der Waals surface area contributed by atoms with E-state index in [4.69, 9.17) is 0 Å². The number of amides is 1. The lowest BCUT2D eigenvalue weighted by Gasteiger charge is -2.32. The maximum atomic E-state index is 12.1. The van der Waals surface area contributed by atoms with Crippen molar-refractivity contribution in [1.29, 1.82) is 0 Å². The Morgan fingerprint density at radius 2 is 2.36 bits per heavy atom. The topological polar surface area (TPSA) is 44.4 Å². The van der Waals surface area contributed by atoms with Crippen LogP contribution in [0.1, 0.15) is 30.6 Å². The third-order valence-electron chi connectivity index (χ3n) is 4.55. The van der Waals surface area contributed by atoms with Gasteiger partial charge >= 0.3 is 0 Å². The molecule has 3 heterocycles. The second kappa shape index (κ2) is 7.90. The van der Waals surface area contributed by atoms with Crippen LogP contribution in [0.25, 0.3) is 0 Å². The summed E-state index contributed by atoms with van der Waals surface area (Å²) in [5.74, 6) is 0.777. The summed E-state index contributed by atoms with van der Waals surface area (Å²) in [6.07, 6.45) is 4.55. The van der Waals surface area contributed by atoms with E-state index in [1.54, 1.807) is 0 Å². The SMILES string of the molecule is O=C(NCC1CCCN(Cc2cc(Br)cs2)C1)C1CCCN1. The summed E-state index contributed by atoms with van der Waals surface area (Å²) in [6.45, 7) is 5.09. The van der Waals surface area contributed by atoms with Crippen molar-refractivity contribution in [2.75, 3.05) is 26.2 Å². The van der Waals surface area contributed by atoms with Crippen LogP contribution in [-0.2, 0) is 11.3 Å². The number of nitrogens with zero attached hydrogens (tertiary/aromatic N) is 1. The van der Waals surface area contributed by atoms with Gasteiger partial charge in [-0.15, -0.1) is 11.3 Å². The van der Waals surface area contributed by atoms with E-state index in [9.17, 15) is 4.79 Å². The van der Waals surface area contributed by atoms with Gasteiger partial charge < -0.3 is 10.6 Å². The Hall–Kier alpha value is -0.430. The Kier molecular flexibility index (Phi) is 5.90. The van der Waals surface area contributed by atoms with E-state index in [1.165, 1.54) is 28.7 Å². The molecule has 3 rings (SSSR count). The zero-order valence-electron chi connectivity index (χ0n) is 12.8. The number of likely N-dealkylation sites (tertiary alicyclic amines) is 1. The first-order valence-corrected chi connectivity index (χ1v) is 9.84. The zero-order valence-corrected chi connectivity index (χ0v) is 15.2. The summed E-state index contributed by atoms with van der Waals surface area (Å²) < 4.78 is 1.18. The number of piperidine rings is 1. The third-order valence-corrected chi connectivity index (χ3v) is 6.23. The molecule has 2 N–H and O–H groups in total. The lowest BCUT2D eigenvalue weighted by atomic mass is 9.97. The quantitative estimate of drug-likeness (QED) is 0.818. The normalized spacial score (nSPS) is 26.2. The number of thiophene rings is 1. The van der Waals surface area contributed by atoms with Gasteiger partial charge in [-0.3, -0.25) is 9.69 Å². The summed E-state index contributed by atoms with van der Waals surface area (Å²) >= 11 is 5.33. The van der Waals surface area contributed by atoms with Crippen LogP contribution < -0.4 is 10.6 Å². The minimum Gasteiger partial charge on any atom is -0.354 e. The number of hydrogen-bond donors (Lipinski definition) is 2. The fraction of sp³-hybridized carbons (Fsp3) is 0.688. The first kappa shape index (κ1) is 16.4. The molecule has 2 aliphatic heterocycles. The number of rotatable bonds is 5. The van der Waals surface area contributed by atoms with Crippen molar-refractivity contribution in [2.24, 2.45) is 5.92 Å². The molecular weight excluding hydrogens is 362 g/mol. The number of hydrogen-bond acceptors (Lipinski definition) is 4. The van der Waals surface area contributed by atoms with Gasteiger partial charge in [0.2, 0.25) is 5.91 Å². The van der Waals surface area contributed by atoms with Crippen molar-refractivity contribution in [2.45, 2.75) is 38.3 Å². The molecule has 1 aromatic rings.